The Labute approximate surface area is 225 Å². The zero-order chi connectivity index (χ0) is 25.5. The van der Waals surface area contributed by atoms with Gasteiger partial charge in [-0.25, -0.2) is 0 Å². The van der Waals surface area contributed by atoms with Crippen LogP contribution in [0.15, 0.2) is 36.4 Å². The standard InChI is InChI=1S/C31H44B2O4/c1-3-5-7-9-17-31(18-10-8-6-4-2)29-23-25(32-34-19-11-20-35-32)13-15-27(29)28-16-14-26(24-30(28)31)33-36-21-12-22-37-33/h13-16,23-24H,3-12,17-22H2,1-2H3. The van der Waals surface area contributed by atoms with Crippen molar-refractivity contribution >= 4 is 25.2 Å². The second kappa shape index (κ2) is 13.0. The molecule has 5 rings (SSSR count). The molecule has 0 bridgehead atoms. The number of rotatable bonds is 12. The smallest absolute Gasteiger partial charge is 0.407 e. The van der Waals surface area contributed by atoms with Crippen LogP contribution in [0.2, 0.25) is 0 Å². The van der Waals surface area contributed by atoms with Crippen LogP contribution in [0, 0.1) is 0 Å². The van der Waals surface area contributed by atoms with Crippen molar-refractivity contribution in [2.45, 2.75) is 96.3 Å². The van der Waals surface area contributed by atoms with Crippen LogP contribution in [0.5, 0.6) is 0 Å². The number of fused-ring (bicyclic) bond motifs is 3. The van der Waals surface area contributed by atoms with Crippen molar-refractivity contribution in [2.75, 3.05) is 26.4 Å². The van der Waals surface area contributed by atoms with Crippen molar-refractivity contribution in [2.24, 2.45) is 0 Å². The van der Waals surface area contributed by atoms with Gasteiger partial charge in [-0.2, -0.15) is 0 Å². The molecule has 198 valence electrons. The maximum absolute atomic E-state index is 6.04. The molecule has 0 unspecified atom stereocenters. The Morgan fingerprint density at radius 3 is 1.43 bits per heavy atom. The highest BCUT2D eigenvalue weighted by molar-refractivity contribution is 6.62. The average Bonchev–Trinajstić information content (AvgIpc) is 3.23. The lowest BCUT2D eigenvalue weighted by Crippen LogP contribution is -2.42. The quantitative estimate of drug-likeness (QED) is 0.258. The van der Waals surface area contributed by atoms with Crippen LogP contribution in [-0.4, -0.2) is 40.7 Å². The van der Waals surface area contributed by atoms with Crippen molar-refractivity contribution in [3.63, 3.8) is 0 Å². The highest BCUT2D eigenvalue weighted by Gasteiger charge is 2.44. The molecule has 3 aliphatic rings. The van der Waals surface area contributed by atoms with Gasteiger partial charge in [0, 0.05) is 31.8 Å². The molecule has 37 heavy (non-hydrogen) atoms. The monoisotopic (exact) mass is 502 g/mol. The van der Waals surface area contributed by atoms with Gasteiger partial charge >= 0.3 is 14.2 Å². The van der Waals surface area contributed by atoms with Crippen LogP contribution in [0.25, 0.3) is 11.1 Å². The highest BCUT2D eigenvalue weighted by Crippen LogP contribution is 2.53. The van der Waals surface area contributed by atoms with Crippen LogP contribution in [0.3, 0.4) is 0 Å². The van der Waals surface area contributed by atoms with E-state index in [1.807, 2.05) is 0 Å². The zero-order valence-electron chi connectivity index (χ0n) is 23.1. The van der Waals surface area contributed by atoms with Gasteiger partial charge in [-0.1, -0.05) is 102 Å². The fourth-order valence-electron chi connectivity index (χ4n) is 6.55. The number of unbranched alkanes of at least 4 members (excludes halogenated alkanes) is 6. The van der Waals surface area contributed by atoms with Crippen molar-refractivity contribution in [3.05, 3.63) is 47.5 Å². The summed E-state index contributed by atoms with van der Waals surface area (Å²) in [5.74, 6) is 0. The van der Waals surface area contributed by atoms with Crippen LogP contribution in [-0.2, 0) is 24.0 Å². The third-order valence-corrected chi connectivity index (χ3v) is 8.52. The molecule has 0 radical (unpaired) electrons. The van der Waals surface area contributed by atoms with E-state index >= 15 is 0 Å². The van der Waals surface area contributed by atoms with E-state index in [1.165, 1.54) is 86.5 Å². The maximum Gasteiger partial charge on any atom is 0.493 e. The van der Waals surface area contributed by atoms with Gasteiger partial charge in [-0.15, -0.1) is 0 Å². The second-order valence-corrected chi connectivity index (χ2v) is 11.2. The third kappa shape index (κ3) is 5.88. The number of hydrogen-bond acceptors (Lipinski definition) is 4. The van der Waals surface area contributed by atoms with Crippen molar-refractivity contribution < 1.29 is 18.6 Å². The van der Waals surface area contributed by atoms with Crippen LogP contribution in [0.4, 0.5) is 0 Å². The molecule has 0 saturated carbocycles. The summed E-state index contributed by atoms with van der Waals surface area (Å²) in [6.45, 7) is 7.68. The molecule has 6 heteroatoms. The van der Waals surface area contributed by atoms with Crippen LogP contribution < -0.4 is 10.9 Å². The lowest BCUT2D eigenvalue weighted by Gasteiger charge is -2.34. The van der Waals surface area contributed by atoms with Gasteiger partial charge in [0.05, 0.1) is 0 Å². The molecule has 2 heterocycles. The molecular formula is C31H44B2O4. The lowest BCUT2D eigenvalue weighted by molar-refractivity contribution is 0.143. The summed E-state index contributed by atoms with van der Waals surface area (Å²) in [5.41, 5.74) is 8.08. The first-order valence-electron chi connectivity index (χ1n) is 15.0. The summed E-state index contributed by atoms with van der Waals surface area (Å²) in [6.07, 6.45) is 14.5. The van der Waals surface area contributed by atoms with Gasteiger partial charge in [-0.3, -0.25) is 0 Å². The molecule has 2 fully saturated rings. The first-order valence-corrected chi connectivity index (χ1v) is 15.0. The van der Waals surface area contributed by atoms with E-state index in [-0.39, 0.29) is 19.7 Å². The molecule has 0 atom stereocenters. The summed E-state index contributed by atoms with van der Waals surface area (Å²) >= 11 is 0. The second-order valence-electron chi connectivity index (χ2n) is 11.2. The Kier molecular flexibility index (Phi) is 9.47. The van der Waals surface area contributed by atoms with Gasteiger partial charge in [0.25, 0.3) is 0 Å². The van der Waals surface area contributed by atoms with Crippen molar-refractivity contribution in [1.82, 2.24) is 0 Å². The minimum Gasteiger partial charge on any atom is -0.407 e. The Morgan fingerprint density at radius 1 is 0.595 bits per heavy atom. The van der Waals surface area contributed by atoms with Crippen LogP contribution in [0.1, 0.15) is 102 Å². The fourth-order valence-corrected chi connectivity index (χ4v) is 6.55. The predicted molar refractivity (Wildman–Crippen MR) is 154 cm³/mol. The van der Waals surface area contributed by atoms with E-state index in [0.29, 0.717) is 0 Å². The van der Waals surface area contributed by atoms with Gasteiger partial charge < -0.3 is 18.6 Å². The van der Waals surface area contributed by atoms with E-state index in [2.05, 4.69) is 50.2 Å². The Hall–Kier alpha value is -1.59. The van der Waals surface area contributed by atoms with E-state index in [0.717, 1.165) is 50.2 Å². The highest BCUT2D eigenvalue weighted by atomic mass is 16.6. The molecule has 2 aromatic rings. The minimum absolute atomic E-state index is 0.0154. The largest absolute Gasteiger partial charge is 0.493 e. The van der Waals surface area contributed by atoms with Crippen molar-refractivity contribution in [3.8, 4) is 11.1 Å². The molecule has 0 aromatic heterocycles. The van der Waals surface area contributed by atoms with Gasteiger partial charge in [0.15, 0.2) is 0 Å². The minimum atomic E-state index is -0.250. The first kappa shape index (κ1) is 27.0. The first-order chi connectivity index (χ1) is 18.3. The summed E-state index contributed by atoms with van der Waals surface area (Å²) < 4.78 is 24.2. The molecule has 1 aliphatic carbocycles. The van der Waals surface area contributed by atoms with E-state index < -0.39 is 0 Å². The maximum atomic E-state index is 6.04. The molecule has 0 amide bonds. The van der Waals surface area contributed by atoms with Gasteiger partial charge in [0.1, 0.15) is 0 Å². The van der Waals surface area contributed by atoms with Gasteiger partial charge in [0.2, 0.25) is 0 Å². The zero-order valence-corrected chi connectivity index (χ0v) is 23.1. The summed E-state index contributed by atoms with van der Waals surface area (Å²) in [7, 11) is -0.500. The Morgan fingerprint density at radius 2 is 1.03 bits per heavy atom. The normalized spacial score (nSPS) is 18.6. The Balaban J connectivity index is 1.56. The molecule has 0 N–H and O–H groups in total. The molecule has 0 spiro atoms. The molecule has 2 aliphatic heterocycles. The van der Waals surface area contributed by atoms with Crippen molar-refractivity contribution in [1.29, 1.82) is 0 Å². The van der Waals surface area contributed by atoms with Crippen LogP contribution >= 0.6 is 0 Å². The van der Waals surface area contributed by atoms with E-state index in [9.17, 15) is 0 Å². The average molecular weight is 502 g/mol. The Bertz CT molecular complexity index is 933. The summed E-state index contributed by atoms with van der Waals surface area (Å²) in [5, 5.41) is 0. The molecular weight excluding hydrogens is 458 g/mol. The number of hydrogen-bond donors (Lipinski definition) is 0. The molecule has 2 saturated heterocycles. The molecule has 2 aromatic carbocycles. The van der Waals surface area contributed by atoms with Gasteiger partial charge in [-0.05, 0) is 58.9 Å². The molecule has 4 nitrogen and oxygen atoms in total. The number of benzene rings is 2. The summed E-state index contributed by atoms with van der Waals surface area (Å²) in [6, 6.07) is 14.0. The fraction of sp³-hybridized carbons (Fsp3) is 0.613. The predicted octanol–water partition coefficient (Wildman–Crippen LogP) is 6.16. The third-order valence-electron chi connectivity index (χ3n) is 8.52. The lowest BCUT2D eigenvalue weighted by atomic mass is 9.67. The SMILES string of the molecule is CCCCCCC1(CCCCCC)c2cc(B3OCCCO3)ccc2-c2ccc(B3OCCCO3)cc21. The summed E-state index contributed by atoms with van der Waals surface area (Å²) in [4.78, 5) is 0. The van der Waals surface area contributed by atoms with E-state index in [4.69, 9.17) is 18.6 Å². The topological polar surface area (TPSA) is 36.9 Å². The van der Waals surface area contributed by atoms with E-state index in [1.54, 1.807) is 0 Å².